The van der Waals surface area contributed by atoms with Crippen LogP contribution in [0.2, 0.25) is 0 Å². The van der Waals surface area contributed by atoms with Crippen LogP contribution >= 0.6 is 0 Å². The smallest absolute Gasteiger partial charge is 0.340 e. The van der Waals surface area contributed by atoms with Crippen LogP contribution in [0.1, 0.15) is 48.5 Å². The Morgan fingerprint density at radius 3 is 2.65 bits per heavy atom. The molecule has 0 saturated heterocycles. The predicted octanol–water partition coefficient (Wildman–Crippen LogP) is 4.00. The van der Waals surface area contributed by atoms with E-state index in [2.05, 4.69) is 15.5 Å². The molecular weight excluding hydrogens is 347 g/mol. The van der Waals surface area contributed by atoms with Crippen molar-refractivity contribution < 1.29 is 22.5 Å². The Kier molecular flexibility index (Phi) is 4.84. The molecule has 0 unspecified atom stereocenters. The largest absolute Gasteiger partial charge is 0.416 e. The lowest BCUT2D eigenvalue weighted by Crippen LogP contribution is -2.44. The lowest BCUT2D eigenvalue weighted by molar-refractivity contribution is -0.137. The number of alkyl halides is 3. The van der Waals surface area contributed by atoms with Crippen LogP contribution in [0.5, 0.6) is 0 Å². The Bertz CT molecular complexity index is 821. The Labute approximate surface area is 148 Å². The highest BCUT2D eigenvalue weighted by molar-refractivity contribution is 5.92. The third-order valence-electron chi connectivity index (χ3n) is 4.42. The highest BCUT2D eigenvalue weighted by atomic mass is 19.4. The maximum atomic E-state index is 12.8. The number of hydrogen-bond acceptors (Lipinski definition) is 4. The van der Waals surface area contributed by atoms with Crippen molar-refractivity contribution in [3.05, 3.63) is 53.2 Å². The van der Waals surface area contributed by atoms with Crippen molar-refractivity contribution in [1.29, 1.82) is 0 Å². The first-order chi connectivity index (χ1) is 12.3. The maximum absolute atomic E-state index is 12.8. The molecule has 138 valence electrons. The summed E-state index contributed by atoms with van der Waals surface area (Å²) in [5.74, 6) is 0.445. The number of aryl methyl sites for hydroxylation is 1. The first kappa shape index (κ1) is 18.2. The first-order valence-corrected chi connectivity index (χ1v) is 8.27. The van der Waals surface area contributed by atoms with Crippen molar-refractivity contribution in [2.24, 2.45) is 0 Å². The number of nitrogens with zero attached hydrogens (tertiary/aromatic N) is 2. The lowest BCUT2D eigenvalue weighted by Gasteiger charge is -2.25. The first-order valence-electron chi connectivity index (χ1n) is 8.27. The van der Waals surface area contributed by atoms with Gasteiger partial charge in [-0.05, 0) is 36.6 Å². The highest BCUT2D eigenvalue weighted by Crippen LogP contribution is 2.37. The molecule has 0 aliphatic heterocycles. The van der Waals surface area contributed by atoms with Gasteiger partial charge in [-0.1, -0.05) is 30.1 Å². The third-order valence-corrected chi connectivity index (χ3v) is 4.42. The van der Waals surface area contributed by atoms with Crippen LogP contribution in [0.15, 0.2) is 34.9 Å². The van der Waals surface area contributed by atoms with E-state index in [1.807, 2.05) is 0 Å². The fourth-order valence-electron chi connectivity index (χ4n) is 3.14. The molecule has 1 amide bonds. The molecule has 1 saturated carbocycles. The number of amides is 1. The van der Waals surface area contributed by atoms with Gasteiger partial charge in [-0.15, -0.1) is 0 Å². The molecule has 1 aromatic heterocycles. The molecule has 1 N–H and O–H groups in total. The zero-order chi connectivity index (χ0) is 18.8. The fourth-order valence-corrected chi connectivity index (χ4v) is 3.14. The summed E-state index contributed by atoms with van der Waals surface area (Å²) in [5, 5.41) is 6.83. The van der Waals surface area contributed by atoms with Crippen LogP contribution < -0.4 is 5.32 Å². The van der Waals surface area contributed by atoms with Crippen molar-refractivity contribution in [2.75, 3.05) is 0 Å². The minimum Gasteiger partial charge on any atom is -0.340 e. The van der Waals surface area contributed by atoms with E-state index >= 15 is 0 Å². The van der Waals surface area contributed by atoms with Crippen molar-refractivity contribution in [3.8, 4) is 0 Å². The van der Waals surface area contributed by atoms with E-state index in [1.54, 1.807) is 6.92 Å². The van der Waals surface area contributed by atoms with E-state index < -0.39 is 23.2 Å². The molecule has 1 heterocycles. The van der Waals surface area contributed by atoms with Gasteiger partial charge in [0.2, 0.25) is 11.8 Å². The van der Waals surface area contributed by atoms with Gasteiger partial charge in [0.1, 0.15) is 5.54 Å². The minimum absolute atomic E-state index is 0.297. The van der Waals surface area contributed by atoms with Crippen LogP contribution in [0.3, 0.4) is 0 Å². The molecule has 5 nitrogen and oxygen atoms in total. The Morgan fingerprint density at radius 2 is 2.04 bits per heavy atom. The summed E-state index contributed by atoms with van der Waals surface area (Å²) in [6.07, 6.45) is 1.38. The summed E-state index contributed by atoms with van der Waals surface area (Å²) in [6.45, 7) is 1.68. The quantitative estimate of drug-likeness (QED) is 0.832. The van der Waals surface area contributed by atoms with Crippen molar-refractivity contribution >= 4 is 12.0 Å². The molecule has 1 aliphatic carbocycles. The zero-order valence-corrected chi connectivity index (χ0v) is 14.1. The number of carbonyl (C=O) groups excluding carboxylic acids is 1. The van der Waals surface area contributed by atoms with Crippen LogP contribution in [-0.4, -0.2) is 16.0 Å². The van der Waals surface area contributed by atoms with Gasteiger partial charge < -0.3 is 9.84 Å². The van der Waals surface area contributed by atoms with E-state index in [4.69, 9.17) is 4.52 Å². The average molecular weight is 365 g/mol. The topological polar surface area (TPSA) is 68.0 Å². The van der Waals surface area contributed by atoms with E-state index in [-0.39, 0.29) is 0 Å². The minimum atomic E-state index is -4.42. The molecule has 0 atom stereocenters. The molecular formula is C18H18F3N3O2. The maximum Gasteiger partial charge on any atom is 0.416 e. The second kappa shape index (κ2) is 6.93. The second-order valence-corrected chi connectivity index (χ2v) is 6.37. The van der Waals surface area contributed by atoms with Crippen molar-refractivity contribution in [2.45, 2.75) is 44.3 Å². The van der Waals surface area contributed by atoms with Gasteiger partial charge in [0.05, 0.1) is 5.56 Å². The predicted molar refractivity (Wildman–Crippen MR) is 87.8 cm³/mol. The van der Waals surface area contributed by atoms with Gasteiger partial charge in [0.15, 0.2) is 5.82 Å². The average Bonchev–Trinajstić information content (AvgIpc) is 3.22. The lowest BCUT2D eigenvalue weighted by atomic mass is 9.96. The van der Waals surface area contributed by atoms with Gasteiger partial charge >= 0.3 is 6.18 Å². The molecule has 1 fully saturated rings. The standard InChI is InChI=1S/C18H18F3N3O2/c1-12-22-16(24-26-12)17(9-2-3-10-17)23-15(25)8-7-13-5-4-6-14(11-13)18(19,20)21/h4-8,11H,2-3,9-10H2,1H3,(H,23,25)/b8-7+. The van der Waals surface area contributed by atoms with Gasteiger partial charge in [0, 0.05) is 13.0 Å². The van der Waals surface area contributed by atoms with E-state index in [1.165, 1.54) is 24.3 Å². The third kappa shape index (κ3) is 3.95. The summed E-state index contributed by atoms with van der Waals surface area (Å²) in [7, 11) is 0. The molecule has 0 radical (unpaired) electrons. The summed E-state index contributed by atoms with van der Waals surface area (Å²) >= 11 is 0. The van der Waals surface area contributed by atoms with Crippen LogP contribution in [-0.2, 0) is 16.5 Å². The number of aromatic nitrogens is 2. The zero-order valence-electron chi connectivity index (χ0n) is 14.1. The summed E-state index contributed by atoms with van der Waals surface area (Å²) in [6, 6.07) is 4.80. The Morgan fingerprint density at radius 1 is 1.31 bits per heavy atom. The van der Waals surface area contributed by atoms with Crippen molar-refractivity contribution in [3.63, 3.8) is 0 Å². The molecule has 8 heteroatoms. The van der Waals surface area contributed by atoms with Gasteiger partial charge in [0.25, 0.3) is 0 Å². The fraction of sp³-hybridized carbons (Fsp3) is 0.389. The number of rotatable bonds is 4. The normalized spacial score (nSPS) is 16.9. The SMILES string of the molecule is Cc1nc(C2(NC(=O)/C=C/c3cccc(C(F)(F)F)c3)CCCC2)no1. The Balaban J connectivity index is 1.74. The molecule has 26 heavy (non-hydrogen) atoms. The number of nitrogens with one attached hydrogen (secondary N) is 1. The van der Waals surface area contributed by atoms with Gasteiger partial charge in [-0.3, -0.25) is 4.79 Å². The summed E-state index contributed by atoms with van der Waals surface area (Å²) in [5.41, 5.74) is -1.15. The van der Waals surface area contributed by atoms with E-state index in [9.17, 15) is 18.0 Å². The highest BCUT2D eigenvalue weighted by Gasteiger charge is 2.40. The second-order valence-electron chi connectivity index (χ2n) is 6.37. The molecule has 2 aromatic rings. The molecule has 0 spiro atoms. The van der Waals surface area contributed by atoms with Crippen molar-refractivity contribution in [1.82, 2.24) is 15.5 Å². The molecule has 1 aliphatic rings. The van der Waals surface area contributed by atoms with Gasteiger partial charge in [-0.2, -0.15) is 18.2 Å². The molecule has 1 aromatic carbocycles. The summed E-state index contributed by atoms with van der Waals surface area (Å²) < 4.78 is 43.3. The molecule has 0 bridgehead atoms. The van der Waals surface area contributed by atoms with E-state index in [0.717, 1.165) is 25.0 Å². The van der Waals surface area contributed by atoms with Crippen LogP contribution in [0.25, 0.3) is 6.08 Å². The van der Waals surface area contributed by atoms with E-state index in [0.29, 0.717) is 30.1 Å². The van der Waals surface area contributed by atoms with Crippen LogP contribution in [0, 0.1) is 6.92 Å². The van der Waals surface area contributed by atoms with Gasteiger partial charge in [-0.25, -0.2) is 0 Å². The number of hydrogen-bond donors (Lipinski definition) is 1. The van der Waals surface area contributed by atoms with Crippen LogP contribution in [0.4, 0.5) is 13.2 Å². The molecule has 3 rings (SSSR count). The number of halogens is 3. The summed E-state index contributed by atoms with van der Waals surface area (Å²) in [4.78, 5) is 16.6. The monoisotopic (exact) mass is 365 g/mol. The Hall–Kier alpha value is -2.64. The number of benzene rings is 1. The number of carbonyl (C=O) groups is 1.